The Bertz CT molecular complexity index is 516. The number of alkyl halides is 1. The van der Waals surface area contributed by atoms with Crippen molar-refractivity contribution in [3.63, 3.8) is 0 Å². The van der Waals surface area contributed by atoms with Crippen LogP contribution in [0.1, 0.15) is 33.5 Å². The summed E-state index contributed by atoms with van der Waals surface area (Å²) in [5.74, 6) is 0. The Morgan fingerprint density at radius 3 is 2.41 bits per heavy atom. The van der Waals surface area contributed by atoms with Gasteiger partial charge in [-0.15, -0.1) is 0 Å². The smallest absolute Gasteiger partial charge is 0.0644 e. The SMILES string of the molecule is BrC(c1ccccc1)c1ccc2c(c1)CCC2. The number of hydrogen-bond donors (Lipinski definition) is 0. The molecule has 1 aliphatic carbocycles. The topological polar surface area (TPSA) is 0 Å². The molecule has 0 aromatic heterocycles. The van der Waals surface area contributed by atoms with Gasteiger partial charge in [0.05, 0.1) is 4.83 Å². The van der Waals surface area contributed by atoms with Crippen LogP contribution in [0.5, 0.6) is 0 Å². The predicted molar refractivity (Wildman–Crippen MR) is 75.7 cm³/mol. The summed E-state index contributed by atoms with van der Waals surface area (Å²) in [6.45, 7) is 0. The van der Waals surface area contributed by atoms with E-state index in [2.05, 4.69) is 64.5 Å². The molecule has 0 heterocycles. The highest BCUT2D eigenvalue weighted by Gasteiger charge is 2.15. The first-order valence-electron chi connectivity index (χ1n) is 6.15. The Kier molecular flexibility index (Phi) is 3.02. The van der Waals surface area contributed by atoms with E-state index in [0.717, 1.165) is 0 Å². The predicted octanol–water partition coefficient (Wildman–Crippen LogP) is 4.66. The maximum atomic E-state index is 3.80. The largest absolute Gasteiger partial charge is 0.0786 e. The second-order valence-corrected chi connectivity index (χ2v) is 5.57. The second kappa shape index (κ2) is 4.66. The van der Waals surface area contributed by atoms with Crippen molar-refractivity contribution >= 4 is 15.9 Å². The van der Waals surface area contributed by atoms with Gasteiger partial charge in [-0.25, -0.2) is 0 Å². The molecule has 0 aliphatic heterocycles. The molecule has 0 amide bonds. The molecule has 0 radical (unpaired) electrons. The lowest BCUT2D eigenvalue weighted by Crippen LogP contribution is -1.94. The van der Waals surface area contributed by atoms with E-state index in [9.17, 15) is 0 Å². The lowest BCUT2D eigenvalue weighted by molar-refractivity contribution is 0.911. The van der Waals surface area contributed by atoms with E-state index >= 15 is 0 Å². The minimum atomic E-state index is 0.314. The summed E-state index contributed by atoms with van der Waals surface area (Å²) in [4.78, 5) is 0.314. The van der Waals surface area contributed by atoms with Crippen LogP contribution in [0.15, 0.2) is 48.5 Å². The number of halogens is 1. The van der Waals surface area contributed by atoms with Gasteiger partial charge in [0.25, 0.3) is 0 Å². The maximum absolute atomic E-state index is 3.80. The molecule has 86 valence electrons. The van der Waals surface area contributed by atoms with Crippen molar-refractivity contribution in [2.75, 3.05) is 0 Å². The van der Waals surface area contributed by atoms with E-state index in [1.165, 1.54) is 30.4 Å². The summed E-state index contributed by atoms with van der Waals surface area (Å²) in [7, 11) is 0. The summed E-state index contributed by atoms with van der Waals surface area (Å²) >= 11 is 3.80. The van der Waals surface area contributed by atoms with Crippen LogP contribution in [0.2, 0.25) is 0 Å². The van der Waals surface area contributed by atoms with Crippen LogP contribution < -0.4 is 0 Å². The van der Waals surface area contributed by atoms with Crippen molar-refractivity contribution in [3.05, 3.63) is 70.8 Å². The molecule has 17 heavy (non-hydrogen) atoms. The summed E-state index contributed by atoms with van der Waals surface area (Å²) in [6.07, 6.45) is 3.82. The monoisotopic (exact) mass is 286 g/mol. The third-order valence-electron chi connectivity index (χ3n) is 3.51. The number of hydrogen-bond acceptors (Lipinski definition) is 0. The van der Waals surface area contributed by atoms with Gasteiger partial charge in [-0.3, -0.25) is 0 Å². The summed E-state index contributed by atoms with van der Waals surface area (Å²) in [5.41, 5.74) is 5.78. The highest BCUT2D eigenvalue weighted by Crippen LogP contribution is 2.33. The van der Waals surface area contributed by atoms with Crippen molar-refractivity contribution in [2.24, 2.45) is 0 Å². The lowest BCUT2D eigenvalue weighted by atomic mass is 10.0. The highest BCUT2D eigenvalue weighted by molar-refractivity contribution is 9.09. The highest BCUT2D eigenvalue weighted by atomic mass is 79.9. The molecular weight excluding hydrogens is 272 g/mol. The van der Waals surface area contributed by atoms with E-state index < -0.39 is 0 Å². The zero-order valence-electron chi connectivity index (χ0n) is 9.70. The number of aryl methyl sites for hydroxylation is 2. The van der Waals surface area contributed by atoms with Gasteiger partial charge in [-0.1, -0.05) is 64.5 Å². The average Bonchev–Trinajstić information content (AvgIpc) is 2.86. The number of benzene rings is 2. The van der Waals surface area contributed by atoms with Gasteiger partial charge in [0.2, 0.25) is 0 Å². The summed E-state index contributed by atoms with van der Waals surface area (Å²) in [6, 6.07) is 17.5. The molecule has 3 rings (SSSR count). The second-order valence-electron chi connectivity index (χ2n) is 4.65. The van der Waals surface area contributed by atoms with Gasteiger partial charge < -0.3 is 0 Å². The van der Waals surface area contributed by atoms with E-state index in [1.54, 1.807) is 11.1 Å². The van der Waals surface area contributed by atoms with E-state index in [0.29, 0.717) is 4.83 Å². The van der Waals surface area contributed by atoms with Crippen molar-refractivity contribution in [3.8, 4) is 0 Å². The normalized spacial score (nSPS) is 15.6. The molecule has 0 saturated heterocycles. The Hall–Kier alpha value is -1.08. The Balaban J connectivity index is 1.94. The van der Waals surface area contributed by atoms with E-state index in [4.69, 9.17) is 0 Å². The van der Waals surface area contributed by atoms with E-state index in [-0.39, 0.29) is 0 Å². The molecule has 1 heteroatoms. The fraction of sp³-hybridized carbons (Fsp3) is 0.250. The van der Waals surface area contributed by atoms with Gasteiger partial charge in [0.15, 0.2) is 0 Å². The number of fused-ring (bicyclic) bond motifs is 1. The van der Waals surface area contributed by atoms with E-state index in [1.807, 2.05) is 0 Å². The minimum Gasteiger partial charge on any atom is -0.0786 e. The molecule has 1 aliphatic rings. The van der Waals surface area contributed by atoms with Crippen LogP contribution in [0.4, 0.5) is 0 Å². The van der Waals surface area contributed by atoms with Crippen molar-refractivity contribution in [1.29, 1.82) is 0 Å². The zero-order valence-corrected chi connectivity index (χ0v) is 11.3. The first kappa shape index (κ1) is 11.0. The molecule has 2 aromatic rings. The van der Waals surface area contributed by atoms with Crippen LogP contribution in [-0.4, -0.2) is 0 Å². The zero-order chi connectivity index (χ0) is 11.7. The molecule has 0 bridgehead atoms. The van der Waals surface area contributed by atoms with Gasteiger partial charge in [-0.05, 0) is 41.5 Å². The molecule has 1 unspecified atom stereocenters. The molecule has 0 saturated carbocycles. The first-order chi connectivity index (χ1) is 8.34. The average molecular weight is 287 g/mol. The molecular formula is C16H15Br. The molecule has 0 nitrogen and oxygen atoms in total. The Labute approximate surface area is 111 Å². The fourth-order valence-corrected chi connectivity index (χ4v) is 3.15. The first-order valence-corrected chi connectivity index (χ1v) is 7.07. The quantitative estimate of drug-likeness (QED) is 0.705. The lowest BCUT2D eigenvalue weighted by Gasteiger charge is -2.12. The van der Waals surface area contributed by atoms with Crippen molar-refractivity contribution < 1.29 is 0 Å². The number of rotatable bonds is 2. The third kappa shape index (κ3) is 2.16. The standard InChI is InChI=1S/C16H15Br/c17-16(13-5-2-1-3-6-13)15-10-9-12-7-4-8-14(12)11-15/h1-3,5-6,9-11,16H,4,7-8H2. The summed E-state index contributed by atoms with van der Waals surface area (Å²) < 4.78 is 0. The van der Waals surface area contributed by atoms with Crippen molar-refractivity contribution in [1.82, 2.24) is 0 Å². The molecule has 2 aromatic carbocycles. The van der Waals surface area contributed by atoms with Crippen LogP contribution in [0.3, 0.4) is 0 Å². The summed E-state index contributed by atoms with van der Waals surface area (Å²) in [5, 5.41) is 0. The van der Waals surface area contributed by atoms with Crippen LogP contribution in [0, 0.1) is 0 Å². The van der Waals surface area contributed by atoms with Crippen molar-refractivity contribution in [2.45, 2.75) is 24.1 Å². The molecule has 0 fully saturated rings. The fourth-order valence-electron chi connectivity index (χ4n) is 2.56. The van der Waals surface area contributed by atoms with Crippen LogP contribution >= 0.6 is 15.9 Å². The Morgan fingerprint density at radius 2 is 1.59 bits per heavy atom. The Morgan fingerprint density at radius 1 is 0.824 bits per heavy atom. The maximum Gasteiger partial charge on any atom is 0.0644 e. The minimum absolute atomic E-state index is 0.314. The van der Waals surface area contributed by atoms with Crippen LogP contribution in [-0.2, 0) is 12.8 Å². The van der Waals surface area contributed by atoms with Gasteiger partial charge in [0, 0.05) is 0 Å². The molecule has 0 N–H and O–H groups in total. The molecule has 0 spiro atoms. The van der Waals surface area contributed by atoms with Crippen LogP contribution in [0.25, 0.3) is 0 Å². The molecule has 1 atom stereocenters. The van der Waals surface area contributed by atoms with Gasteiger partial charge in [-0.2, -0.15) is 0 Å². The third-order valence-corrected chi connectivity index (χ3v) is 4.56. The van der Waals surface area contributed by atoms with Gasteiger partial charge >= 0.3 is 0 Å². The van der Waals surface area contributed by atoms with Gasteiger partial charge in [0.1, 0.15) is 0 Å².